The highest BCUT2D eigenvalue weighted by atomic mass is 32.2. The van der Waals surface area contributed by atoms with Crippen molar-refractivity contribution in [3.05, 3.63) is 84.0 Å². The predicted molar refractivity (Wildman–Crippen MR) is 136 cm³/mol. The summed E-state index contributed by atoms with van der Waals surface area (Å²) < 4.78 is 42.4. The van der Waals surface area contributed by atoms with E-state index in [-0.39, 0.29) is 18.7 Å². The first-order chi connectivity index (χ1) is 17.6. The van der Waals surface area contributed by atoms with Gasteiger partial charge in [0.05, 0.1) is 26.1 Å². The van der Waals surface area contributed by atoms with Crippen molar-refractivity contribution in [3.63, 3.8) is 0 Å². The van der Waals surface area contributed by atoms with Gasteiger partial charge in [0.1, 0.15) is 17.0 Å². The Balaban J connectivity index is 1.70. The van der Waals surface area contributed by atoms with E-state index in [1.165, 1.54) is 24.2 Å². The average molecular weight is 528 g/mol. The van der Waals surface area contributed by atoms with Crippen LogP contribution in [0.3, 0.4) is 0 Å². The highest BCUT2D eigenvalue weighted by molar-refractivity contribution is 7.92. The van der Waals surface area contributed by atoms with Crippen molar-refractivity contribution < 1.29 is 37.3 Å². The second-order valence-corrected chi connectivity index (χ2v) is 11.5. The van der Waals surface area contributed by atoms with Crippen LogP contribution in [0.4, 0.5) is 4.79 Å². The van der Waals surface area contributed by atoms with Gasteiger partial charge in [0, 0.05) is 6.26 Å². The maximum absolute atomic E-state index is 13.4. The number of amides is 1. The molecule has 0 bridgehead atoms. The van der Waals surface area contributed by atoms with E-state index in [9.17, 15) is 23.1 Å². The van der Waals surface area contributed by atoms with Crippen molar-refractivity contribution in [2.45, 2.75) is 36.3 Å². The number of carbonyl (C=O) groups excluding carboxylic acids is 1. The number of ether oxygens (including phenoxy) is 3. The molecule has 37 heavy (non-hydrogen) atoms. The Bertz CT molecular complexity index is 1340. The minimum absolute atomic E-state index is 0.193. The molecule has 1 N–H and O–H groups in total. The van der Waals surface area contributed by atoms with Crippen molar-refractivity contribution >= 4 is 21.9 Å². The summed E-state index contributed by atoms with van der Waals surface area (Å²) in [6.45, 7) is 1.60. The topological polar surface area (TPSA) is 119 Å². The van der Waals surface area contributed by atoms with Gasteiger partial charge in [0.2, 0.25) is 0 Å². The molecule has 4 atom stereocenters. The van der Waals surface area contributed by atoms with Crippen LogP contribution in [-0.2, 0) is 25.8 Å². The van der Waals surface area contributed by atoms with Gasteiger partial charge in [-0.1, -0.05) is 54.6 Å². The smallest absolute Gasteiger partial charge is 0.410 e. The van der Waals surface area contributed by atoms with Gasteiger partial charge in [-0.3, -0.25) is 9.69 Å². The summed E-state index contributed by atoms with van der Waals surface area (Å²) in [4.78, 5) is 25.6. The third kappa shape index (κ3) is 5.20. The number of methoxy groups -OCH3 is 1. The number of sulfone groups is 1. The first kappa shape index (κ1) is 26.3. The number of hydrogen-bond acceptors (Lipinski definition) is 7. The molecule has 2 aliphatic rings. The summed E-state index contributed by atoms with van der Waals surface area (Å²) in [7, 11) is -2.43. The van der Waals surface area contributed by atoms with Gasteiger partial charge in [-0.15, -0.1) is 0 Å². The molecule has 0 saturated carbocycles. The number of cyclic esters (lactones) is 1. The molecule has 4 rings (SSSR count). The van der Waals surface area contributed by atoms with Gasteiger partial charge in [0.25, 0.3) is 0 Å². The van der Waals surface area contributed by atoms with Gasteiger partial charge < -0.3 is 19.3 Å². The van der Waals surface area contributed by atoms with E-state index in [1.807, 2.05) is 37.3 Å². The van der Waals surface area contributed by atoms with Crippen LogP contribution in [0.25, 0.3) is 0 Å². The lowest BCUT2D eigenvalue weighted by Gasteiger charge is -2.39. The molecule has 4 unspecified atom stereocenters. The zero-order valence-corrected chi connectivity index (χ0v) is 21.6. The minimum Gasteiger partial charge on any atom is -0.493 e. The average Bonchev–Trinajstić information content (AvgIpc) is 3.13. The Morgan fingerprint density at radius 1 is 1.14 bits per heavy atom. The molecule has 1 heterocycles. The fourth-order valence-electron chi connectivity index (χ4n) is 4.68. The zero-order chi connectivity index (χ0) is 26.8. The van der Waals surface area contributed by atoms with E-state index in [2.05, 4.69) is 0 Å². The van der Waals surface area contributed by atoms with Crippen LogP contribution in [0, 0.1) is 0 Å². The van der Waals surface area contributed by atoms with Crippen LogP contribution in [-0.4, -0.2) is 67.3 Å². The van der Waals surface area contributed by atoms with Gasteiger partial charge in [-0.25, -0.2) is 13.2 Å². The van der Waals surface area contributed by atoms with Gasteiger partial charge in [0.15, 0.2) is 21.3 Å². The largest absolute Gasteiger partial charge is 0.493 e. The molecular formula is C27H29NO8S. The fourth-order valence-corrected chi connectivity index (χ4v) is 5.93. The number of nitrogens with zero attached hydrogens (tertiary/aromatic N) is 1. The van der Waals surface area contributed by atoms with E-state index in [4.69, 9.17) is 14.2 Å². The first-order valence-electron chi connectivity index (χ1n) is 11.7. The molecule has 2 aromatic carbocycles. The summed E-state index contributed by atoms with van der Waals surface area (Å²) in [6, 6.07) is 13.5. The molecule has 1 aliphatic carbocycles. The van der Waals surface area contributed by atoms with Crippen LogP contribution < -0.4 is 9.47 Å². The normalized spacial score (nSPS) is 25.1. The maximum atomic E-state index is 13.4. The van der Waals surface area contributed by atoms with E-state index in [0.29, 0.717) is 11.3 Å². The van der Waals surface area contributed by atoms with Gasteiger partial charge in [-0.05, 0) is 36.3 Å². The molecular weight excluding hydrogens is 498 g/mol. The molecule has 0 radical (unpaired) electrons. The molecule has 1 amide bonds. The van der Waals surface area contributed by atoms with E-state index < -0.39 is 44.9 Å². The SMILES string of the molecule is COc1ccc(CC(=O)O)cc1OC1C=CC=CC1(CN1C(=O)OC(c2ccccc2)C1C)S(C)(=O)=O. The van der Waals surface area contributed by atoms with E-state index in [0.717, 1.165) is 11.8 Å². The molecule has 9 nitrogen and oxygen atoms in total. The monoisotopic (exact) mass is 527 g/mol. The molecule has 196 valence electrons. The number of benzene rings is 2. The predicted octanol–water partition coefficient (Wildman–Crippen LogP) is 3.56. The number of rotatable bonds is 9. The molecule has 0 aromatic heterocycles. The summed E-state index contributed by atoms with van der Waals surface area (Å²) in [6.07, 6.45) is 5.05. The highest BCUT2D eigenvalue weighted by Gasteiger charge is 2.53. The second-order valence-electron chi connectivity index (χ2n) is 9.15. The van der Waals surface area contributed by atoms with Crippen molar-refractivity contribution in [1.82, 2.24) is 4.90 Å². The van der Waals surface area contributed by atoms with Gasteiger partial charge >= 0.3 is 12.1 Å². The van der Waals surface area contributed by atoms with Crippen molar-refractivity contribution in [1.29, 1.82) is 0 Å². The van der Waals surface area contributed by atoms with Crippen molar-refractivity contribution in [2.24, 2.45) is 0 Å². The molecule has 1 fully saturated rings. The van der Waals surface area contributed by atoms with E-state index in [1.54, 1.807) is 30.4 Å². The Labute approximate surface area is 215 Å². The lowest BCUT2D eigenvalue weighted by Crippen LogP contribution is -2.58. The van der Waals surface area contributed by atoms with Crippen LogP contribution in [0.1, 0.15) is 24.2 Å². The van der Waals surface area contributed by atoms with Crippen LogP contribution in [0.15, 0.2) is 72.8 Å². The Kier molecular flexibility index (Phi) is 7.31. The zero-order valence-electron chi connectivity index (χ0n) is 20.7. The Hall–Kier alpha value is -3.79. The molecule has 10 heteroatoms. The third-order valence-electron chi connectivity index (χ3n) is 6.72. The maximum Gasteiger partial charge on any atom is 0.410 e. The third-order valence-corrected chi connectivity index (χ3v) is 8.60. The molecule has 1 saturated heterocycles. The van der Waals surface area contributed by atoms with Crippen LogP contribution in [0.5, 0.6) is 11.5 Å². The second kappa shape index (κ2) is 10.3. The summed E-state index contributed by atoms with van der Waals surface area (Å²) in [5.74, 6) is -0.507. The van der Waals surface area contributed by atoms with Crippen molar-refractivity contribution in [3.8, 4) is 11.5 Å². The fraction of sp³-hybridized carbons (Fsp3) is 0.333. The number of carboxylic acid groups (broad SMARTS) is 1. The molecule has 1 aliphatic heterocycles. The summed E-state index contributed by atoms with van der Waals surface area (Å²) >= 11 is 0. The molecule has 0 spiro atoms. The summed E-state index contributed by atoms with van der Waals surface area (Å²) in [5, 5.41) is 9.19. The lowest BCUT2D eigenvalue weighted by atomic mass is 9.94. The lowest BCUT2D eigenvalue weighted by molar-refractivity contribution is -0.136. The van der Waals surface area contributed by atoms with Crippen LogP contribution in [0.2, 0.25) is 0 Å². The minimum atomic E-state index is -3.87. The van der Waals surface area contributed by atoms with Crippen LogP contribution >= 0.6 is 0 Å². The molecule has 2 aromatic rings. The Morgan fingerprint density at radius 3 is 2.51 bits per heavy atom. The number of carbonyl (C=O) groups is 2. The number of allylic oxidation sites excluding steroid dienone is 2. The number of carboxylic acids is 1. The first-order valence-corrected chi connectivity index (χ1v) is 13.6. The Morgan fingerprint density at radius 2 is 1.86 bits per heavy atom. The number of hydrogen-bond donors (Lipinski definition) is 1. The van der Waals surface area contributed by atoms with Gasteiger partial charge in [-0.2, -0.15) is 0 Å². The number of aliphatic carboxylic acids is 1. The summed E-state index contributed by atoms with van der Waals surface area (Å²) in [5.41, 5.74) is 1.28. The van der Waals surface area contributed by atoms with Crippen molar-refractivity contribution in [2.75, 3.05) is 19.9 Å². The standard InChI is InChI=1S/C27H29NO8S/c1-18-25(20-9-5-4-6-10-20)36-26(31)28(18)17-27(37(3,32)33)14-8-7-11-23(27)35-22-15-19(16-24(29)30)12-13-21(22)34-2/h4-15,18,23,25H,16-17H2,1-3H3,(H,29,30). The highest BCUT2D eigenvalue weighted by Crippen LogP contribution is 2.39. The van der Waals surface area contributed by atoms with E-state index >= 15 is 0 Å². The quantitative estimate of drug-likeness (QED) is 0.526.